The molecule has 1 aliphatic heterocycles. The Balaban J connectivity index is 1.23. The number of rotatable bonds is 5. The lowest BCUT2D eigenvalue weighted by Gasteiger charge is -2.26. The lowest BCUT2D eigenvalue weighted by Crippen LogP contribution is -2.35. The van der Waals surface area contributed by atoms with E-state index in [1.165, 1.54) is 6.20 Å². The second-order valence-electron chi connectivity index (χ2n) is 8.38. The maximum atomic E-state index is 13.0. The van der Waals surface area contributed by atoms with Crippen LogP contribution in [0.25, 0.3) is 10.6 Å². The number of alkyl halides is 3. The van der Waals surface area contributed by atoms with E-state index in [-0.39, 0.29) is 12.5 Å². The third-order valence-electron chi connectivity index (χ3n) is 5.62. The van der Waals surface area contributed by atoms with Crippen LogP contribution in [0.3, 0.4) is 0 Å². The molecule has 0 saturated carbocycles. The van der Waals surface area contributed by atoms with Crippen LogP contribution in [0.5, 0.6) is 0 Å². The Morgan fingerprint density at radius 2 is 2.03 bits per heavy atom. The highest BCUT2D eigenvalue weighted by Gasteiger charge is 2.30. The van der Waals surface area contributed by atoms with Gasteiger partial charge in [-0.3, -0.25) is 14.5 Å². The van der Waals surface area contributed by atoms with Crippen molar-refractivity contribution >= 4 is 28.6 Å². The van der Waals surface area contributed by atoms with Crippen molar-refractivity contribution in [1.29, 1.82) is 0 Å². The molecule has 5 rings (SSSR count). The zero-order valence-corrected chi connectivity index (χ0v) is 20.6. The SMILES string of the molecule is Cc1nc(C)c(-c2csc(Cc3ccc(C(=O)N4CCc5nn(CC(F)(F)F)cc5C4)cn3)n2)s1. The summed E-state index contributed by atoms with van der Waals surface area (Å²) >= 11 is 3.19. The highest BCUT2D eigenvalue weighted by Crippen LogP contribution is 2.31. The molecule has 0 saturated heterocycles. The van der Waals surface area contributed by atoms with E-state index in [0.717, 1.165) is 36.7 Å². The number of thiazole rings is 2. The van der Waals surface area contributed by atoms with E-state index in [0.29, 0.717) is 36.2 Å². The maximum absolute atomic E-state index is 13.0. The number of nitrogens with zero attached hydrogens (tertiary/aromatic N) is 6. The van der Waals surface area contributed by atoms with Gasteiger partial charge in [0.2, 0.25) is 0 Å². The second-order valence-corrected chi connectivity index (χ2v) is 10.5. The first-order chi connectivity index (χ1) is 16.6. The lowest BCUT2D eigenvalue weighted by atomic mass is 10.1. The van der Waals surface area contributed by atoms with Gasteiger partial charge in [0.1, 0.15) is 6.54 Å². The Morgan fingerprint density at radius 3 is 2.71 bits per heavy atom. The van der Waals surface area contributed by atoms with Crippen molar-refractivity contribution < 1.29 is 18.0 Å². The van der Waals surface area contributed by atoms with Crippen molar-refractivity contribution in [3.05, 3.63) is 68.1 Å². The molecule has 0 N–H and O–H groups in total. The first-order valence-corrected chi connectivity index (χ1v) is 12.6. The molecular formula is C23H21F3N6OS2. The van der Waals surface area contributed by atoms with Crippen LogP contribution >= 0.6 is 22.7 Å². The van der Waals surface area contributed by atoms with Gasteiger partial charge in [0.25, 0.3) is 5.91 Å². The largest absolute Gasteiger partial charge is 0.408 e. The maximum Gasteiger partial charge on any atom is 0.408 e. The average Bonchev–Trinajstić information content (AvgIpc) is 3.49. The van der Waals surface area contributed by atoms with Gasteiger partial charge in [0.05, 0.1) is 37.5 Å². The summed E-state index contributed by atoms with van der Waals surface area (Å²) in [4.78, 5) is 29.3. The summed E-state index contributed by atoms with van der Waals surface area (Å²) in [6.07, 6.45) is -0.437. The van der Waals surface area contributed by atoms with Gasteiger partial charge in [-0.2, -0.15) is 18.3 Å². The molecular weight excluding hydrogens is 497 g/mol. The van der Waals surface area contributed by atoms with E-state index in [9.17, 15) is 18.0 Å². The molecule has 0 aromatic carbocycles. The monoisotopic (exact) mass is 518 g/mol. The van der Waals surface area contributed by atoms with Crippen LogP contribution < -0.4 is 0 Å². The summed E-state index contributed by atoms with van der Waals surface area (Å²) in [7, 11) is 0. The topological polar surface area (TPSA) is 76.8 Å². The number of aromatic nitrogens is 5. The Kier molecular flexibility index (Phi) is 6.18. The Morgan fingerprint density at radius 1 is 1.20 bits per heavy atom. The Bertz CT molecular complexity index is 1370. The molecule has 0 fully saturated rings. The number of halogens is 3. The zero-order valence-electron chi connectivity index (χ0n) is 19.0. The highest BCUT2D eigenvalue weighted by molar-refractivity contribution is 7.16. The molecule has 7 nitrogen and oxygen atoms in total. The predicted octanol–water partition coefficient (Wildman–Crippen LogP) is 4.83. The van der Waals surface area contributed by atoms with Gasteiger partial charge in [-0.15, -0.1) is 22.7 Å². The number of pyridine rings is 1. The average molecular weight is 519 g/mol. The highest BCUT2D eigenvalue weighted by atomic mass is 32.1. The van der Waals surface area contributed by atoms with E-state index in [1.54, 1.807) is 39.8 Å². The second kappa shape index (κ2) is 9.15. The number of amides is 1. The van der Waals surface area contributed by atoms with Crippen LogP contribution in [0.2, 0.25) is 0 Å². The first kappa shape index (κ1) is 23.6. The van der Waals surface area contributed by atoms with Crippen molar-refractivity contribution in [2.45, 2.75) is 46.0 Å². The van der Waals surface area contributed by atoms with Crippen molar-refractivity contribution in [2.75, 3.05) is 6.54 Å². The molecule has 1 aliphatic rings. The quantitative estimate of drug-likeness (QED) is 0.378. The minimum absolute atomic E-state index is 0.203. The van der Waals surface area contributed by atoms with Gasteiger partial charge in [-0.05, 0) is 26.0 Å². The smallest absolute Gasteiger partial charge is 0.334 e. The van der Waals surface area contributed by atoms with Crippen LogP contribution in [-0.4, -0.2) is 48.3 Å². The standard InChI is InChI=1S/C23H21F3N6OS2/c1-13-21(35-14(2)28-13)19-11-34-20(29-19)7-17-4-3-15(8-27-17)22(33)31-6-5-18-16(9-31)10-32(30-18)12-23(24,25)26/h3-4,8,10-11H,5-7,9,12H2,1-2H3. The third kappa shape index (κ3) is 5.27. The molecule has 0 radical (unpaired) electrons. The third-order valence-corrected chi connectivity index (χ3v) is 7.57. The van der Waals surface area contributed by atoms with Crippen LogP contribution in [0, 0.1) is 13.8 Å². The molecule has 0 bridgehead atoms. The molecule has 182 valence electrons. The molecule has 0 spiro atoms. The molecule has 12 heteroatoms. The summed E-state index contributed by atoms with van der Waals surface area (Å²) in [5.41, 5.74) is 4.39. The summed E-state index contributed by atoms with van der Waals surface area (Å²) in [5, 5.41) is 7.98. The van der Waals surface area contributed by atoms with Crippen molar-refractivity contribution in [3.8, 4) is 10.6 Å². The fourth-order valence-corrected chi connectivity index (χ4v) is 5.82. The van der Waals surface area contributed by atoms with Crippen LogP contribution in [0.1, 0.15) is 43.0 Å². The number of aryl methyl sites for hydroxylation is 2. The predicted molar refractivity (Wildman–Crippen MR) is 126 cm³/mol. The van der Waals surface area contributed by atoms with E-state index in [2.05, 4.69) is 15.1 Å². The number of fused-ring (bicyclic) bond motifs is 1. The summed E-state index contributed by atoms with van der Waals surface area (Å²) < 4.78 is 38.9. The summed E-state index contributed by atoms with van der Waals surface area (Å²) in [5.74, 6) is -0.203. The molecule has 1 amide bonds. The van der Waals surface area contributed by atoms with Crippen molar-refractivity contribution in [2.24, 2.45) is 0 Å². The zero-order chi connectivity index (χ0) is 24.7. The fourth-order valence-electron chi connectivity index (χ4n) is 4.07. The van der Waals surface area contributed by atoms with E-state index >= 15 is 0 Å². The van der Waals surface area contributed by atoms with Crippen LogP contribution in [0.15, 0.2) is 29.9 Å². The summed E-state index contributed by atoms with van der Waals surface area (Å²) in [6.45, 7) is 3.45. The molecule has 0 aliphatic carbocycles. The molecule has 4 aromatic rings. The number of hydrogen-bond donors (Lipinski definition) is 0. The van der Waals surface area contributed by atoms with Gasteiger partial charge in [0.15, 0.2) is 0 Å². The number of carbonyl (C=O) groups is 1. The van der Waals surface area contributed by atoms with Crippen molar-refractivity contribution in [3.63, 3.8) is 0 Å². The fraction of sp³-hybridized carbons (Fsp3) is 0.348. The summed E-state index contributed by atoms with van der Waals surface area (Å²) in [6, 6.07) is 3.55. The molecule has 0 atom stereocenters. The normalized spacial score (nSPS) is 13.8. The van der Waals surface area contributed by atoms with Gasteiger partial charge in [0, 0.05) is 55.0 Å². The molecule has 35 heavy (non-hydrogen) atoms. The van der Waals surface area contributed by atoms with E-state index in [1.807, 2.05) is 25.3 Å². The first-order valence-electron chi connectivity index (χ1n) is 10.9. The minimum Gasteiger partial charge on any atom is -0.334 e. The Hall–Kier alpha value is -3.12. The van der Waals surface area contributed by atoms with Crippen LogP contribution in [-0.2, 0) is 25.9 Å². The minimum atomic E-state index is -4.34. The van der Waals surface area contributed by atoms with Gasteiger partial charge >= 0.3 is 6.18 Å². The van der Waals surface area contributed by atoms with Crippen LogP contribution in [0.4, 0.5) is 13.2 Å². The van der Waals surface area contributed by atoms with Gasteiger partial charge in [-0.1, -0.05) is 0 Å². The lowest BCUT2D eigenvalue weighted by molar-refractivity contribution is -0.142. The van der Waals surface area contributed by atoms with Gasteiger partial charge < -0.3 is 4.90 Å². The van der Waals surface area contributed by atoms with E-state index in [4.69, 9.17) is 4.98 Å². The van der Waals surface area contributed by atoms with E-state index < -0.39 is 12.7 Å². The molecule has 4 aromatic heterocycles. The molecule has 0 unspecified atom stereocenters. The molecule has 5 heterocycles. The van der Waals surface area contributed by atoms with Gasteiger partial charge in [-0.25, -0.2) is 9.97 Å². The Labute approximate surface area is 207 Å². The number of carbonyl (C=O) groups excluding carboxylic acids is 1. The number of hydrogen-bond acceptors (Lipinski definition) is 7. The van der Waals surface area contributed by atoms with Crippen molar-refractivity contribution in [1.82, 2.24) is 29.6 Å².